The van der Waals surface area contributed by atoms with Crippen LogP contribution in [0.3, 0.4) is 0 Å². The number of aliphatic carboxylic acids is 1. The molecule has 4 amide bonds. The first-order valence-electron chi connectivity index (χ1n) is 5.55. The zero-order valence-electron chi connectivity index (χ0n) is 10.3. The molecule has 1 saturated heterocycles. The summed E-state index contributed by atoms with van der Waals surface area (Å²) in [7, 11) is 0. The zero-order chi connectivity index (χ0) is 14.4. The Morgan fingerprint density at radius 1 is 1.53 bits per heavy atom. The van der Waals surface area contributed by atoms with E-state index in [4.69, 9.17) is 5.11 Å². The average Bonchev–Trinajstić information content (AvgIpc) is 2.66. The number of amides is 4. The average molecular weight is 289 g/mol. The Bertz CT molecular complexity index is 385. The summed E-state index contributed by atoms with van der Waals surface area (Å²) in [5, 5.41) is 13.5. The van der Waals surface area contributed by atoms with Gasteiger partial charge in [0.2, 0.25) is 5.91 Å². The minimum atomic E-state index is -1.14. The smallest absolute Gasteiger partial charge is 0.326 e. The molecule has 0 aromatic heterocycles. The number of hydrogen-bond donors (Lipinski definition) is 3. The lowest BCUT2D eigenvalue weighted by molar-refractivity contribution is -0.142. The fraction of sp³-hybridized carbons (Fsp3) is 0.600. The Labute approximate surface area is 113 Å². The zero-order valence-corrected chi connectivity index (χ0v) is 11.2. The Kier molecular flexibility index (Phi) is 5.61. The van der Waals surface area contributed by atoms with Gasteiger partial charge in [0.15, 0.2) is 0 Å². The van der Waals surface area contributed by atoms with E-state index in [1.165, 1.54) is 11.8 Å². The van der Waals surface area contributed by atoms with Gasteiger partial charge in [-0.1, -0.05) is 0 Å². The van der Waals surface area contributed by atoms with E-state index in [1.54, 1.807) is 0 Å². The summed E-state index contributed by atoms with van der Waals surface area (Å²) in [5.41, 5.74) is 0. The van der Waals surface area contributed by atoms with Gasteiger partial charge in [-0.2, -0.15) is 11.8 Å². The molecule has 0 radical (unpaired) electrons. The molecule has 0 aromatic carbocycles. The van der Waals surface area contributed by atoms with Crippen molar-refractivity contribution in [3.63, 3.8) is 0 Å². The van der Waals surface area contributed by atoms with Crippen LogP contribution < -0.4 is 10.6 Å². The van der Waals surface area contributed by atoms with Crippen LogP contribution in [0.5, 0.6) is 0 Å². The molecule has 0 bridgehead atoms. The number of carbonyl (C=O) groups excluding carboxylic acids is 3. The number of urea groups is 1. The van der Waals surface area contributed by atoms with Crippen LogP contribution in [0.4, 0.5) is 4.79 Å². The summed E-state index contributed by atoms with van der Waals surface area (Å²) in [6, 6.07) is -1.66. The van der Waals surface area contributed by atoms with Gasteiger partial charge in [0.1, 0.15) is 12.6 Å². The molecule has 0 aromatic rings. The molecule has 3 N–H and O–H groups in total. The molecule has 1 heterocycles. The Morgan fingerprint density at radius 3 is 2.68 bits per heavy atom. The molecule has 19 heavy (non-hydrogen) atoms. The molecule has 106 valence electrons. The molecule has 1 rings (SSSR count). The lowest BCUT2D eigenvalue weighted by atomic mass is 10.2. The topological polar surface area (TPSA) is 116 Å². The molecule has 1 aliphatic rings. The molecule has 9 heteroatoms. The predicted octanol–water partition coefficient (Wildman–Crippen LogP) is -1.14. The van der Waals surface area contributed by atoms with Crippen molar-refractivity contribution in [2.45, 2.75) is 12.5 Å². The van der Waals surface area contributed by atoms with E-state index >= 15 is 0 Å². The Balaban J connectivity index is 2.50. The number of carboxylic acid groups (broad SMARTS) is 1. The summed E-state index contributed by atoms with van der Waals surface area (Å²) < 4.78 is 0. The van der Waals surface area contributed by atoms with E-state index in [-0.39, 0.29) is 13.0 Å². The van der Waals surface area contributed by atoms with Crippen molar-refractivity contribution in [1.29, 1.82) is 0 Å². The number of carboxylic acids is 1. The maximum atomic E-state index is 11.6. The van der Waals surface area contributed by atoms with Gasteiger partial charge in [0, 0.05) is 0 Å². The monoisotopic (exact) mass is 289 g/mol. The minimum absolute atomic E-state index is 0.138. The third-order valence-corrected chi connectivity index (χ3v) is 3.13. The maximum Gasteiger partial charge on any atom is 0.326 e. The van der Waals surface area contributed by atoms with Crippen LogP contribution in [0.15, 0.2) is 0 Å². The number of nitrogens with zero attached hydrogens (tertiary/aromatic N) is 1. The third kappa shape index (κ3) is 4.43. The number of rotatable bonds is 7. The largest absolute Gasteiger partial charge is 0.480 e. The first-order valence-corrected chi connectivity index (χ1v) is 6.94. The first-order chi connectivity index (χ1) is 8.95. The Morgan fingerprint density at radius 2 is 2.21 bits per heavy atom. The van der Waals surface area contributed by atoms with Crippen LogP contribution in [0.25, 0.3) is 0 Å². The Hall–Kier alpha value is -1.77. The van der Waals surface area contributed by atoms with Crippen molar-refractivity contribution in [1.82, 2.24) is 15.5 Å². The molecule has 0 spiro atoms. The van der Waals surface area contributed by atoms with Gasteiger partial charge in [-0.05, 0) is 18.4 Å². The van der Waals surface area contributed by atoms with E-state index in [1.807, 2.05) is 6.26 Å². The van der Waals surface area contributed by atoms with Crippen LogP contribution in [0.1, 0.15) is 6.42 Å². The second-order valence-electron chi connectivity index (χ2n) is 3.88. The molecule has 1 atom stereocenters. The molecule has 1 fully saturated rings. The highest BCUT2D eigenvalue weighted by atomic mass is 32.2. The highest BCUT2D eigenvalue weighted by Gasteiger charge is 2.31. The van der Waals surface area contributed by atoms with E-state index in [0.29, 0.717) is 5.75 Å². The highest BCUT2D eigenvalue weighted by molar-refractivity contribution is 7.98. The molecule has 0 saturated carbocycles. The minimum Gasteiger partial charge on any atom is -0.480 e. The van der Waals surface area contributed by atoms with Crippen molar-refractivity contribution < 1.29 is 24.3 Å². The van der Waals surface area contributed by atoms with Crippen molar-refractivity contribution in [2.75, 3.05) is 25.1 Å². The van der Waals surface area contributed by atoms with Gasteiger partial charge >= 0.3 is 12.0 Å². The van der Waals surface area contributed by atoms with Crippen molar-refractivity contribution in [3.8, 4) is 0 Å². The van der Waals surface area contributed by atoms with E-state index in [0.717, 1.165) is 4.90 Å². The summed E-state index contributed by atoms with van der Waals surface area (Å²) in [6.45, 7) is -0.603. The molecule has 8 nitrogen and oxygen atoms in total. The molecule has 0 aliphatic carbocycles. The maximum absolute atomic E-state index is 11.6. The van der Waals surface area contributed by atoms with E-state index in [9.17, 15) is 19.2 Å². The van der Waals surface area contributed by atoms with Crippen molar-refractivity contribution in [3.05, 3.63) is 0 Å². The van der Waals surface area contributed by atoms with E-state index < -0.39 is 36.4 Å². The SMILES string of the molecule is CSCC[C@@H](NC(=O)CN1C(=O)CNC1=O)C(=O)O. The second kappa shape index (κ2) is 6.98. The van der Waals surface area contributed by atoms with Crippen LogP contribution in [0.2, 0.25) is 0 Å². The van der Waals surface area contributed by atoms with Gasteiger partial charge in [-0.25, -0.2) is 9.59 Å². The molecular weight excluding hydrogens is 274 g/mol. The highest BCUT2D eigenvalue weighted by Crippen LogP contribution is 2.02. The van der Waals surface area contributed by atoms with Gasteiger partial charge in [-0.3, -0.25) is 14.5 Å². The number of carbonyl (C=O) groups is 4. The lowest BCUT2D eigenvalue weighted by Gasteiger charge is -2.16. The standard InChI is InChI=1S/C10H15N3O5S/c1-19-3-2-6(9(16)17)12-7(14)5-13-8(15)4-11-10(13)18/h6H,2-5H2,1H3,(H,11,18)(H,12,14)(H,16,17)/t6-/m1/s1. The van der Waals surface area contributed by atoms with Crippen LogP contribution >= 0.6 is 11.8 Å². The summed E-state index contributed by atoms with van der Waals surface area (Å²) in [4.78, 5) is 45.7. The van der Waals surface area contributed by atoms with Gasteiger partial charge in [-0.15, -0.1) is 0 Å². The van der Waals surface area contributed by atoms with Gasteiger partial charge in [0.25, 0.3) is 5.91 Å². The van der Waals surface area contributed by atoms with Crippen LogP contribution in [-0.4, -0.2) is 65.0 Å². The van der Waals surface area contributed by atoms with Crippen LogP contribution in [-0.2, 0) is 14.4 Å². The van der Waals surface area contributed by atoms with Gasteiger partial charge < -0.3 is 15.7 Å². The summed E-state index contributed by atoms with van der Waals surface area (Å²) >= 11 is 1.46. The fourth-order valence-electron chi connectivity index (χ4n) is 1.49. The van der Waals surface area contributed by atoms with Crippen molar-refractivity contribution in [2.24, 2.45) is 0 Å². The normalized spacial score (nSPS) is 16.2. The molecule has 1 aliphatic heterocycles. The number of imide groups is 1. The molecular formula is C10H15N3O5S. The fourth-order valence-corrected chi connectivity index (χ4v) is 1.96. The summed E-state index contributed by atoms with van der Waals surface area (Å²) in [5.74, 6) is -1.73. The summed E-state index contributed by atoms with van der Waals surface area (Å²) in [6.07, 6.45) is 2.11. The number of hydrogen-bond acceptors (Lipinski definition) is 5. The molecule has 0 unspecified atom stereocenters. The second-order valence-corrected chi connectivity index (χ2v) is 4.86. The van der Waals surface area contributed by atoms with Crippen molar-refractivity contribution >= 4 is 35.6 Å². The first kappa shape index (κ1) is 15.3. The number of nitrogens with one attached hydrogen (secondary N) is 2. The van der Waals surface area contributed by atoms with Crippen LogP contribution in [0, 0.1) is 0 Å². The van der Waals surface area contributed by atoms with Gasteiger partial charge in [0.05, 0.1) is 6.54 Å². The third-order valence-electron chi connectivity index (χ3n) is 2.48. The quantitative estimate of drug-likeness (QED) is 0.510. The predicted molar refractivity (Wildman–Crippen MR) is 67.7 cm³/mol. The lowest BCUT2D eigenvalue weighted by Crippen LogP contribution is -2.47. The van der Waals surface area contributed by atoms with E-state index in [2.05, 4.69) is 10.6 Å². The number of thioether (sulfide) groups is 1.